The fraction of sp³-hybridized carbons (Fsp3) is 0.552. The molecule has 38 heavy (non-hydrogen) atoms. The van der Waals surface area contributed by atoms with E-state index in [0.29, 0.717) is 56.1 Å². The molecule has 0 unspecified atom stereocenters. The van der Waals surface area contributed by atoms with Crippen molar-refractivity contribution in [2.24, 2.45) is 17.8 Å². The predicted molar refractivity (Wildman–Crippen MR) is 147 cm³/mol. The summed E-state index contributed by atoms with van der Waals surface area (Å²) in [5, 5.41) is 40.5. The number of hydrogen-bond acceptors (Lipinski definition) is 6. The van der Waals surface area contributed by atoms with E-state index in [1.165, 1.54) is 4.90 Å². The number of rotatable bonds is 13. The third-order valence-corrected chi connectivity index (χ3v) is 8.23. The molecule has 1 saturated heterocycles. The second kappa shape index (κ2) is 13.5. The third kappa shape index (κ3) is 6.93. The van der Waals surface area contributed by atoms with Crippen LogP contribution in [-0.4, -0.2) is 62.4 Å². The number of benzene rings is 1. The van der Waals surface area contributed by atoms with Crippen molar-refractivity contribution >= 4 is 39.8 Å². The van der Waals surface area contributed by atoms with Crippen LogP contribution in [-0.2, 0) is 14.4 Å². The molecule has 2 amide bonds. The minimum absolute atomic E-state index is 0.0590. The maximum atomic E-state index is 13.3. The summed E-state index contributed by atoms with van der Waals surface area (Å²) < 4.78 is 0.847. The molecule has 8 nitrogen and oxygen atoms in total. The SMILES string of the molecule is CCC1=C([C@H](O)CC/C(C)=C/c2cc(Br)ccc2O)[C@H](CO)[C@@H]2C(=O)N(CCCCCC(=O)O)C(=O)[C@@H]2C1. The van der Waals surface area contributed by atoms with Gasteiger partial charge in [-0.3, -0.25) is 19.3 Å². The summed E-state index contributed by atoms with van der Waals surface area (Å²) in [5.74, 6) is -3.09. The molecule has 0 saturated carbocycles. The van der Waals surface area contributed by atoms with Crippen LogP contribution >= 0.6 is 15.9 Å². The number of unbranched alkanes of at least 4 members (excludes halogenated alkanes) is 2. The van der Waals surface area contributed by atoms with Crippen LogP contribution in [0.2, 0.25) is 0 Å². The van der Waals surface area contributed by atoms with Gasteiger partial charge in [0, 0.05) is 28.9 Å². The number of amides is 2. The monoisotopic (exact) mass is 591 g/mol. The Morgan fingerprint density at radius 3 is 2.58 bits per heavy atom. The van der Waals surface area contributed by atoms with Gasteiger partial charge in [-0.05, 0) is 69.2 Å². The number of aromatic hydroxyl groups is 1. The highest BCUT2D eigenvalue weighted by molar-refractivity contribution is 9.10. The fourth-order valence-electron chi connectivity index (χ4n) is 5.81. The van der Waals surface area contributed by atoms with Crippen molar-refractivity contribution in [3.8, 4) is 5.75 Å². The zero-order valence-corrected chi connectivity index (χ0v) is 23.6. The second-order valence-electron chi connectivity index (χ2n) is 10.3. The molecule has 0 radical (unpaired) electrons. The molecule has 0 aromatic heterocycles. The van der Waals surface area contributed by atoms with Gasteiger partial charge in [-0.15, -0.1) is 0 Å². The number of fused-ring (bicyclic) bond motifs is 1. The number of carbonyl (C=O) groups excluding carboxylic acids is 2. The van der Waals surface area contributed by atoms with Gasteiger partial charge >= 0.3 is 5.97 Å². The Bertz CT molecular complexity index is 1110. The van der Waals surface area contributed by atoms with Gasteiger partial charge in [0.2, 0.25) is 11.8 Å². The van der Waals surface area contributed by atoms with Crippen molar-refractivity contribution in [3.05, 3.63) is 45.0 Å². The quantitative estimate of drug-likeness (QED) is 0.149. The van der Waals surface area contributed by atoms with Gasteiger partial charge < -0.3 is 20.4 Å². The topological polar surface area (TPSA) is 135 Å². The summed E-state index contributed by atoms with van der Waals surface area (Å²) in [6.07, 6.45) is 4.65. The number of nitrogens with zero attached hydrogens (tertiary/aromatic N) is 1. The van der Waals surface area contributed by atoms with Gasteiger partial charge in [-0.2, -0.15) is 0 Å². The largest absolute Gasteiger partial charge is 0.507 e. The maximum absolute atomic E-state index is 13.3. The summed E-state index contributed by atoms with van der Waals surface area (Å²) in [4.78, 5) is 38.5. The van der Waals surface area contributed by atoms with Crippen molar-refractivity contribution < 1.29 is 34.8 Å². The Balaban J connectivity index is 1.72. The van der Waals surface area contributed by atoms with Gasteiger partial charge in [0.1, 0.15) is 5.75 Å². The maximum Gasteiger partial charge on any atom is 0.303 e. The Morgan fingerprint density at radius 1 is 1.18 bits per heavy atom. The van der Waals surface area contributed by atoms with Crippen molar-refractivity contribution in [2.45, 2.75) is 71.3 Å². The molecule has 2 aliphatic rings. The predicted octanol–water partition coefficient (Wildman–Crippen LogP) is 4.66. The summed E-state index contributed by atoms with van der Waals surface area (Å²) >= 11 is 3.40. The summed E-state index contributed by atoms with van der Waals surface area (Å²) in [6.45, 7) is 3.80. The molecule has 1 aliphatic carbocycles. The summed E-state index contributed by atoms with van der Waals surface area (Å²) in [6, 6.07) is 5.18. The zero-order valence-electron chi connectivity index (χ0n) is 22.0. The Labute approximate surface area is 232 Å². The van der Waals surface area contributed by atoms with E-state index in [1.54, 1.807) is 12.1 Å². The van der Waals surface area contributed by atoms with E-state index in [1.807, 2.05) is 26.0 Å². The molecule has 4 N–H and O–H groups in total. The number of halogens is 1. The van der Waals surface area contributed by atoms with Crippen LogP contribution in [0.4, 0.5) is 0 Å². The first-order chi connectivity index (χ1) is 18.1. The molecule has 9 heteroatoms. The Morgan fingerprint density at radius 2 is 1.92 bits per heavy atom. The molecule has 1 aromatic carbocycles. The number of aliphatic hydroxyl groups excluding tert-OH is 2. The molecular formula is C29H38BrNO7. The van der Waals surface area contributed by atoms with Gasteiger partial charge in [-0.1, -0.05) is 46.5 Å². The lowest BCUT2D eigenvalue weighted by molar-refractivity contribution is -0.141. The third-order valence-electron chi connectivity index (χ3n) is 7.73. The first kappa shape index (κ1) is 30.1. The van der Waals surface area contributed by atoms with Crippen molar-refractivity contribution in [1.29, 1.82) is 0 Å². The number of hydrogen-bond donors (Lipinski definition) is 4. The van der Waals surface area contributed by atoms with E-state index < -0.39 is 29.8 Å². The van der Waals surface area contributed by atoms with E-state index >= 15 is 0 Å². The van der Waals surface area contributed by atoms with E-state index in [2.05, 4.69) is 15.9 Å². The van der Waals surface area contributed by atoms with Gasteiger partial charge in [0.15, 0.2) is 0 Å². The first-order valence-corrected chi connectivity index (χ1v) is 14.1. The zero-order chi connectivity index (χ0) is 28.0. The Kier molecular flexibility index (Phi) is 10.7. The van der Waals surface area contributed by atoms with Crippen molar-refractivity contribution in [3.63, 3.8) is 0 Å². The first-order valence-electron chi connectivity index (χ1n) is 13.3. The van der Waals surface area contributed by atoms with Crippen LogP contribution in [0, 0.1) is 17.8 Å². The molecule has 4 atom stereocenters. The molecule has 1 aliphatic heterocycles. The average Bonchev–Trinajstić information content (AvgIpc) is 3.12. The highest BCUT2D eigenvalue weighted by Crippen LogP contribution is 2.47. The van der Waals surface area contributed by atoms with Gasteiger partial charge in [0.25, 0.3) is 0 Å². The Hall–Kier alpha value is -2.49. The van der Waals surface area contributed by atoms with Crippen molar-refractivity contribution in [2.75, 3.05) is 13.2 Å². The van der Waals surface area contributed by atoms with E-state index in [9.17, 15) is 29.7 Å². The molecule has 3 rings (SSSR count). The van der Waals surface area contributed by atoms with Crippen LogP contribution in [0.15, 0.2) is 39.4 Å². The van der Waals surface area contributed by atoms with Crippen LogP contribution < -0.4 is 0 Å². The number of likely N-dealkylation sites (tertiary alicyclic amines) is 1. The molecule has 1 heterocycles. The number of carboxylic acids is 1. The molecule has 0 spiro atoms. The summed E-state index contributed by atoms with van der Waals surface area (Å²) in [7, 11) is 0. The van der Waals surface area contributed by atoms with Crippen LogP contribution in [0.1, 0.15) is 70.8 Å². The minimum atomic E-state index is -0.865. The normalized spacial score (nSPS) is 22.7. The number of aliphatic carboxylic acids is 1. The van der Waals surface area contributed by atoms with Gasteiger partial charge in [-0.25, -0.2) is 0 Å². The number of allylic oxidation sites excluding steroid dienone is 2. The number of imide groups is 1. The number of aliphatic hydroxyl groups is 2. The minimum Gasteiger partial charge on any atom is -0.507 e. The average molecular weight is 593 g/mol. The van der Waals surface area contributed by atoms with Crippen LogP contribution in [0.5, 0.6) is 5.75 Å². The molecule has 1 fully saturated rings. The van der Waals surface area contributed by atoms with E-state index in [4.69, 9.17) is 5.11 Å². The van der Waals surface area contributed by atoms with E-state index in [0.717, 1.165) is 15.6 Å². The molecule has 208 valence electrons. The molecule has 1 aromatic rings. The highest BCUT2D eigenvalue weighted by Gasteiger charge is 2.54. The van der Waals surface area contributed by atoms with Crippen LogP contribution in [0.3, 0.4) is 0 Å². The standard InChI is InChI=1S/C29H38BrNO7/c1-3-18-15-21-27(29(38)31(28(21)37)12-6-4-5-7-25(35)36)22(16-32)26(18)24(34)10-8-17(2)13-19-14-20(30)9-11-23(19)33/h9,11,13-14,21-22,24,27,32-34H,3-8,10,12,15-16H2,1-2H3,(H,35,36)/b17-13+/t21-,22+,24-,27-/m1/s1. The van der Waals surface area contributed by atoms with Gasteiger partial charge in [0.05, 0.1) is 24.5 Å². The molecular weight excluding hydrogens is 554 g/mol. The smallest absolute Gasteiger partial charge is 0.303 e. The second-order valence-corrected chi connectivity index (χ2v) is 11.2. The number of phenolic OH excluding ortho intramolecular Hbond substituents is 1. The van der Waals surface area contributed by atoms with Crippen molar-refractivity contribution in [1.82, 2.24) is 4.90 Å². The van der Waals surface area contributed by atoms with E-state index in [-0.39, 0.29) is 37.1 Å². The number of carboxylic acid groups (broad SMARTS) is 1. The van der Waals surface area contributed by atoms with Crippen LogP contribution in [0.25, 0.3) is 6.08 Å². The lowest BCUT2D eigenvalue weighted by Crippen LogP contribution is -2.39. The number of phenols is 1. The number of carbonyl (C=O) groups is 3. The highest BCUT2D eigenvalue weighted by atomic mass is 79.9. The lowest BCUT2D eigenvalue weighted by atomic mass is 9.67. The summed E-state index contributed by atoms with van der Waals surface area (Å²) in [5.41, 5.74) is 3.24. The molecule has 0 bridgehead atoms. The fourth-order valence-corrected chi connectivity index (χ4v) is 6.18. The lowest BCUT2D eigenvalue weighted by Gasteiger charge is -2.36.